The summed E-state index contributed by atoms with van der Waals surface area (Å²) in [5, 5.41) is 3.06. The highest BCUT2D eigenvalue weighted by atomic mass is 16.5. The van der Waals surface area contributed by atoms with Gasteiger partial charge in [0, 0.05) is 6.54 Å². The Morgan fingerprint density at radius 2 is 2.31 bits per heavy atom. The smallest absolute Gasteiger partial charge is 0.295 e. The molecule has 0 atom stereocenters. The summed E-state index contributed by atoms with van der Waals surface area (Å²) < 4.78 is 4.97. The largest absolute Gasteiger partial charge is 0.489 e. The number of rotatable bonds is 5. The Bertz CT molecular complexity index is 400. The van der Waals surface area contributed by atoms with Gasteiger partial charge in [-0.3, -0.25) is 4.79 Å². The number of anilines is 1. The molecule has 0 aliphatic heterocycles. The first-order valence-corrected chi connectivity index (χ1v) is 5.06. The van der Waals surface area contributed by atoms with Gasteiger partial charge in [-0.15, -0.1) is 0 Å². The van der Waals surface area contributed by atoms with Gasteiger partial charge >= 0.3 is 0 Å². The molecule has 90 valence electrons. The second-order valence-electron chi connectivity index (χ2n) is 4.34. The first-order chi connectivity index (χ1) is 7.50. The molecule has 0 aliphatic rings. The lowest BCUT2D eigenvalue weighted by molar-refractivity contribution is 0.395. The van der Waals surface area contributed by atoms with Gasteiger partial charge in [-0.1, -0.05) is 13.8 Å². The molecule has 0 bridgehead atoms. The Hall–Kier alpha value is -1.56. The fourth-order valence-electron chi connectivity index (χ4n) is 1.10. The Labute approximate surface area is 94.2 Å². The molecule has 1 aromatic rings. The van der Waals surface area contributed by atoms with Crippen LogP contribution in [0.5, 0.6) is 5.75 Å². The second kappa shape index (κ2) is 4.98. The van der Waals surface area contributed by atoms with Crippen LogP contribution in [0.25, 0.3) is 0 Å². The zero-order valence-corrected chi connectivity index (χ0v) is 9.83. The molecule has 0 amide bonds. The highest BCUT2D eigenvalue weighted by molar-refractivity contribution is 5.47. The fraction of sp³-hybridized carbons (Fsp3) is 0.600. The zero-order chi connectivity index (χ0) is 12.2. The Kier molecular flexibility index (Phi) is 3.89. The molecule has 16 heavy (non-hydrogen) atoms. The van der Waals surface area contributed by atoms with Crippen LogP contribution in [0.15, 0.2) is 11.1 Å². The van der Waals surface area contributed by atoms with Gasteiger partial charge in [0.25, 0.3) is 5.56 Å². The topological polar surface area (TPSA) is 93.0 Å². The van der Waals surface area contributed by atoms with Gasteiger partial charge in [-0.2, -0.15) is 0 Å². The minimum atomic E-state index is -0.300. The quantitative estimate of drug-likeness (QED) is 0.665. The van der Waals surface area contributed by atoms with E-state index in [-0.39, 0.29) is 16.7 Å². The SMILES string of the molecule is COc1c(NCC(C)(C)CN)nc[nH]c1=O. The average Bonchev–Trinajstić information content (AvgIpc) is 2.26. The van der Waals surface area contributed by atoms with E-state index in [4.69, 9.17) is 10.5 Å². The molecule has 0 spiro atoms. The number of aromatic nitrogens is 2. The van der Waals surface area contributed by atoms with E-state index in [0.29, 0.717) is 18.9 Å². The van der Waals surface area contributed by atoms with E-state index in [2.05, 4.69) is 15.3 Å². The molecule has 0 fully saturated rings. The summed E-state index contributed by atoms with van der Waals surface area (Å²) in [5.41, 5.74) is 5.25. The lowest BCUT2D eigenvalue weighted by Gasteiger charge is -2.23. The number of nitrogens with two attached hydrogens (primary N) is 1. The van der Waals surface area contributed by atoms with Gasteiger partial charge in [0.2, 0.25) is 5.75 Å². The van der Waals surface area contributed by atoms with E-state index in [0.717, 1.165) is 0 Å². The van der Waals surface area contributed by atoms with Crippen molar-refractivity contribution in [1.82, 2.24) is 9.97 Å². The van der Waals surface area contributed by atoms with Gasteiger partial charge in [-0.25, -0.2) is 4.98 Å². The molecule has 4 N–H and O–H groups in total. The summed E-state index contributed by atoms with van der Waals surface area (Å²) in [5.74, 6) is 0.628. The highest BCUT2D eigenvalue weighted by Gasteiger charge is 2.17. The summed E-state index contributed by atoms with van der Waals surface area (Å²) in [7, 11) is 1.44. The molecule has 0 saturated carbocycles. The average molecular weight is 226 g/mol. The number of H-pyrrole nitrogens is 1. The summed E-state index contributed by atoms with van der Waals surface area (Å²) in [6.45, 7) is 5.22. The van der Waals surface area contributed by atoms with Crippen molar-refractivity contribution in [2.45, 2.75) is 13.8 Å². The zero-order valence-electron chi connectivity index (χ0n) is 9.83. The summed E-state index contributed by atoms with van der Waals surface area (Å²) in [6.07, 6.45) is 1.34. The Balaban J connectivity index is 2.82. The molecule has 6 nitrogen and oxygen atoms in total. The highest BCUT2D eigenvalue weighted by Crippen LogP contribution is 2.18. The van der Waals surface area contributed by atoms with Crippen LogP contribution in [0.1, 0.15) is 13.8 Å². The predicted octanol–water partition coefficient (Wildman–Crippen LogP) is 0.175. The molecule has 0 aromatic carbocycles. The van der Waals surface area contributed by atoms with Crippen LogP contribution < -0.4 is 21.3 Å². The fourth-order valence-corrected chi connectivity index (χ4v) is 1.10. The van der Waals surface area contributed by atoms with E-state index in [9.17, 15) is 4.79 Å². The van der Waals surface area contributed by atoms with Crippen LogP contribution in [-0.4, -0.2) is 30.2 Å². The lowest BCUT2D eigenvalue weighted by Crippen LogP contribution is -2.32. The maximum Gasteiger partial charge on any atom is 0.295 e. The van der Waals surface area contributed by atoms with Crippen LogP contribution in [0.4, 0.5) is 5.82 Å². The summed E-state index contributed by atoms with van der Waals surface area (Å²) >= 11 is 0. The minimum Gasteiger partial charge on any atom is -0.489 e. The molecule has 0 saturated heterocycles. The number of hydrogen-bond donors (Lipinski definition) is 3. The van der Waals surface area contributed by atoms with Crippen molar-refractivity contribution in [2.24, 2.45) is 11.1 Å². The molecule has 0 unspecified atom stereocenters. The normalized spacial score (nSPS) is 11.2. The van der Waals surface area contributed by atoms with Crippen molar-refractivity contribution in [3.63, 3.8) is 0 Å². The number of hydrogen-bond acceptors (Lipinski definition) is 5. The molecule has 6 heteroatoms. The molecule has 1 heterocycles. The number of nitrogens with one attached hydrogen (secondary N) is 2. The third-order valence-corrected chi connectivity index (χ3v) is 2.30. The van der Waals surface area contributed by atoms with Crippen LogP contribution >= 0.6 is 0 Å². The second-order valence-corrected chi connectivity index (χ2v) is 4.34. The van der Waals surface area contributed by atoms with Crippen LogP contribution in [-0.2, 0) is 0 Å². The van der Waals surface area contributed by atoms with Crippen LogP contribution in [0.3, 0.4) is 0 Å². The molecular weight excluding hydrogens is 208 g/mol. The van der Waals surface area contributed by atoms with Gasteiger partial charge in [0.1, 0.15) is 0 Å². The van der Waals surface area contributed by atoms with E-state index in [1.807, 2.05) is 13.8 Å². The molecule has 1 rings (SSSR count). The predicted molar refractivity (Wildman–Crippen MR) is 62.7 cm³/mol. The van der Waals surface area contributed by atoms with Crippen LogP contribution in [0, 0.1) is 5.41 Å². The van der Waals surface area contributed by atoms with Crippen molar-refractivity contribution < 1.29 is 4.74 Å². The van der Waals surface area contributed by atoms with E-state index < -0.39 is 0 Å². The number of ether oxygens (including phenoxy) is 1. The van der Waals surface area contributed by atoms with Crippen molar-refractivity contribution in [2.75, 3.05) is 25.5 Å². The summed E-state index contributed by atoms with van der Waals surface area (Å²) in [4.78, 5) is 17.8. The van der Waals surface area contributed by atoms with E-state index in [1.54, 1.807) is 0 Å². The van der Waals surface area contributed by atoms with Crippen molar-refractivity contribution in [3.05, 3.63) is 16.7 Å². The van der Waals surface area contributed by atoms with Gasteiger partial charge in [0.05, 0.1) is 13.4 Å². The third-order valence-electron chi connectivity index (χ3n) is 2.30. The first kappa shape index (κ1) is 12.5. The Morgan fingerprint density at radius 1 is 1.62 bits per heavy atom. The summed E-state index contributed by atoms with van der Waals surface area (Å²) in [6, 6.07) is 0. The number of nitrogens with zero attached hydrogens (tertiary/aromatic N) is 1. The maximum absolute atomic E-state index is 11.4. The van der Waals surface area contributed by atoms with Gasteiger partial charge < -0.3 is 20.8 Å². The van der Waals surface area contributed by atoms with Crippen LogP contribution in [0.2, 0.25) is 0 Å². The third kappa shape index (κ3) is 2.96. The first-order valence-electron chi connectivity index (χ1n) is 5.06. The van der Waals surface area contributed by atoms with E-state index >= 15 is 0 Å². The molecule has 0 aliphatic carbocycles. The number of methoxy groups -OCH3 is 1. The molecular formula is C10H18N4O2. The molecule has 1 aromatic heterocycles. The standard InChI is InChI=1S/C10H18N4O2/c1-10(2,4-11)5-12-8-7(16-3)9(15)14-6-13-8/h6H,4-5,11H2,1-3H3,(H2,12,13,14,15). The maximum atomic E-state index is 11.4. The van der Waals surface area contributed by atoms with Gasteiger partial charge in [-0.05, 0) is 12.0 Å². The van der Waals surface area contributed by atoms with Crippen molar-refractivity contribution in [1.29, 1.82) is 0 Å². The lowest BCUT2D eigenvalue weighted by atomic mass is 9.94. The minimum absolute atomic E-state index is 0.0602. The van der Waals surface area contributed by atoms with Crippen molar-refractivity contribution >= 4 is 5.82 Å². The van der Waals surface area contributed by atoms with E-state index in [1.165, 1.54) is 13.4 Å². The monoisotopic (exact) mass is 226 g/mol. The van der Waals surface area contributed by atoms with Gasteiger partial charge in [0.15, 0.2) is 5.82 Å². The number of aromatic amines is 1. The Morgan fingerprint density at radius 3 is 2.88 bits per heavy atom. The molecule has 0 radical (unpaired) electrons. The van der Waals surface area contributed by atoms with Crippen molar-refractivity contribution in [3.8, 4) is 5.75 Å².